The monoisotopic (exact) mass is 329 g/mol. The molecule has 0 aliphatic carbocycles. The van der Waals surface area contributed by atoms with E-state index in [0.29, 0.717) is 6.54 Å². The van der Waals surface area contributed by atoms with Crippen molar-refractivity contribution >= 4 is 11.9 Å². The van der Waals surface area contributed by atoms with Crippen LogP contribution in [0.1, 0.15) is 39.4 Å². The molecule has 1 atom stereocenters. The average molecular weight is 329 g/mol. The highest BCUT2D eigenvalue weighted by Crippen LogP contribution is 2.14. The van der Waals surface area contributed by atoms with E-state index in [1.807, 2.05) is 18.3 Å². The summed E-state index contributed by atoms with van der Waals surface area (Å²) in [5.41, 5.74) is 0.868. The number of hydrogen-bond donors (Lipinski definition) is 3. The zero-order chi connectivity index (χ0) is 16.9. The number of H-pyrrole nitrogens is 1. The lowest BCUT2D eigenvalue weighted by molar-refractivity contribution is 0.0683. The first-order chi connectivity index (χ1) is 11.6. The number of piperidine rings is 1. The van der Waals surface area contributed by atoms with E-state index in [0.717, 1.165) is 31.5 Å². The van der Waals surface area contributed by atoms with E-state index in [9.17, 15) is 9.59 Å². The summed E-state index contributed by atoms with van der Waals surface area (Å²) >= 11 is 0. The largest absolute Gasteiger partial charge is 0.477 e. The molecule has 3 N–H and O–H groups in total. The second kappa shape index (κ2) is 7.22. The van der Waals surface area contributed by atoms with Crippen molar-refractivity contribution in [1.29, 1.82) is 0 Å². The van der Waals surface area contributed by atoms with Gasteiger partial charge in [-0.2, -0.15) is 0 Å². The molecule has 1 aliphatic rings. The molecule has 0 bridgehead atoms. The van der Waals surface area contributed by atoms with Crippen molar-refractivity contribution in [2.24, 2.45) is 0 Å². The van der Waals surface area contributed by atoms with Gasteiger partial charge in [-0.25, -0.2) is 9.78 Å². The van der Waals surface area contributed by atoms with Crippen molar-refractivity contribution in [3.05, 3.63) is 47.8 Å². The smallest absolute Gasteiger partial charge is 0.354 e. The quantitative estimate of drug-likeness (QED) is 0.751. The molecule has 8 nitrogen and oxygen atoms in total. The fraction of sp³-hybridized carbons (Fsp3) is 0.375. The summed E-state index contributed by atoms with van der Waals surface area (Å²) in [4.78, 5) is 36.0. The van der Waals surface area contributed by atoms with Crippen molar-refractivity contribution in [2.45, 2.75) is 25.4 Å². The van der Waals surface area contributed by atoms with Crippen LogP contribution in [0.15, 0.2) is 30.9 Å². The lowest BCUT2D eigenvalue weighted by Gasteiger charge is -2.33. The number of carbonyl (C=O) groups excluding carboxylic acids is 1. The lowest BCUT2D eigenvalue weighted by atomic mass is 10.0. The molecule has 0 unspecified atom stereocenters. The number of aromatic carboxylic acids is 1. The first kappa shape index (κ1) is 16.1. The molecule has 0 aromatic carbocycles. The maximum absolute atomic E-state index is 12.3. The summed E-state index contributed by atoms with van der Waals surface area (Å²) in [6.45, 7) is 2.46. The lowest BCUT2D eigenvalue weighted by Crippen LogP contribution is -2.47. The molecule has 3 heterocycles. The Labute approximate surface area is 138 Å². The van der Waals surface area contributed by atoms with Crippen LogP contribution >= 0.6 is 0 Å². The normalized spacial score (nSPS) is 18.2. The molecule has 0 radical (unpaired) electrons. The highest BCUT2D eigenvalue weighted by molar-refractivity contribution is 6.02. The number of hydrogen-bond acceptors (Lipinski definition) is 5. The van der Waals surface area contributed by atoms with Crippen LogP contribution in [0.5, 0.6) is 0 Å². The van der Waals surface area contributed by atoms with Gasteiger partial charge in [-0.05, 0) is 31.0 Å². The first-order valence-corrected chi connectivity index (χ1v) is 7.82. The average Bonchev–Trinajstić information content (AvgIpc) is 3.06. The number of pyridine rings is 1. The zero-order valence-corrected chi connectivity index (χ0v) is 13.1. The Morgan fingerprint density at radius 3 is 3.08 bits per heavy atom. The molecule has 2 aromatic rings. The Hall–Kier alpha value is -2.74. The topological polar surface area (TPSA) is 111 Å². The minimum Gasteiger partial charge on any atom is -0.477 e. The SMILES string of the molecule is O=C(N[C@@H]1CCCN(Cc2cccnc2)C1)c1nc[nH]c1C(=O)O. The Balaban J connectivity index is 1.60. The third-order valence-electron chi connectivity index (χ3n) is 4.04. The molecule has 1 fully saturated rings. The molecule has 0 saturated carbocycles. The molecule has 126 valence electrons. The van der Waals surface area contributed by atoms with Crippen molar-refractivity contribution in [3.63, 3.8) is 0 Å². The summed E-state index contributed by atoms with van der Waals surface area (Å²) in [6, 6.07) is 3.91. The van der Waals surface area contributed by atoms with Crippen LogP contribution in [0.3, 0.4) is 0 Å². The third-order valence-corrected chi connectivity index (χ3v) is 4.04. The number of carboxylic acids is 1. The summed E-state index contributed by atoms with van der Waals surface area (Å²) in [5.74, 6) is -1.65. The fourth-order valence-corrected chi connectivity index (χ4v) is 2.95. The highest BCUT2D eigenvalue weighted by Gasteiger charge is 2.25. The molecule has 1 saturated heterocycles. The van der Waals surface area contributed by atoms with Crippen molar-refractivity contribution < 1.29 is 14.7 Å². The summed E-state index contributed by atoms with van der Waals surface area (Å²) in [6.07, 6.45) is 6.63. The van der Waals surface area contributed by atoms with Gasteiger partial charge in [0.25, 0.3) is 5.91 Å². The van der Waals surface area contributed by atoms with Crippen LogP contribution < -0.4 is 5.32 Å². The summed E-state index contributed by atoms with van der Waals surface area (Å²) < 4.78 is 0. The fourth-order valence-electron chi connectivity index (χ4n) is 2.95. The molecule has 2 aromatic heterocycles. The number of likely N-dealkylation sites (tertiary alicyclic amines) is 1. The second-order valence-corrected chi connectivity index (χ2v) is 5.84. The van der Waals surface area contributed by atoms with E-state index in [1.54, 1.807) is 6.20 Å². The van der Waals surface area contributed by atoms with Crippen molar-refractivity contribution in [1.82, 2.24) is 25.2 Å². The van der Waals surface area contributed by atoms with Gasteiger partial charge >= 0.3 is 5.97 Å². The van der Waals surface area contributed by atoms with Gasteiger partial charge in [-0.3, -0.25) is 14.7 Å². The number of rotatable bonds is 5. The molecule has 1 amide bonds. The Morgan fingerprint density at radius 1 is 1.46 bits per heavy atom. The molecular formula is C16H19N5O3. The number of nitrogens with zero attached hydrogens (tertiary/aromatic N) is 3. The van der Waals surface area contributed by atoms with Gasteiger partial charge in [0.05, 0.1) is 6.33 Å². The summed E-state index contributed by atoms with van der Waals surface area (Å²) in [5, 5.41) is 11.9. The van der Waals surface area contributed by atoms with E-state index in [2.05, 4.69) is 25.2 Å². The van der Waals surface area contributed by atoms with Gasteiger partial charge in [0.2, 0.25) is 0 Å². The number of amides is 1. The van der Waals surface area contributed by atoms with E-state index >= 15 is 0 Å². The second-order valence-electron chi connectivity index (χ2n) is 5.84. The number of imidazole rings is 1. The zero-order valence-electron chi connectivity index (χ0n) is 13.1. The molecule has 8 heteroatoms. The Kier molecular flexibility index (Phi) is 4.85. The molecule has 3 rings (SSSR count). The maximum Gasteiger partial charge on any atom is 0.354 e. The number of aromatic amines is 1. The van der Waals surface area contributed by atoms with Crippen LogP contribution in [-0.4, -0.2) is 56.0 Å². The molecule has 24 heavy (non-hydrogen) atoms. The number of aromatic nitrogens is 3. The van der Waals surface area contributed by atoms with E-state index < -0.39 is 11.9 Å². The van der Waals surface area contributed by atoms with Crippen LogP contribution in [0, 0.1) is 0 Å². The number of carbonyl (C=O) groups is 2. The van der Waals surface area contributed by atoms with Crippen LogP contribution in [-0.2, 0) is 6.54 Å². The molecule has 0 spiro atoms. The van der Waals surface area contributed by atoms with Crippen LogP contribution in [0.25, 0.3) is 0 Å². The van der Waals surface area contributed by atoms with Crippen LogP contribution in [0.2, 0.25) is 0 Å². The minimum absolute atomic E-state index is 0.0266. The van der Waals surface area contributed by atoms with Crippen molar-refractivity contribution in [3.8, 4) is 0 Å². The van der Waals surface area contributed by atoms with E-state index in [-0.39, 0.29) is 17.4 Å². The number of carboxylic acid groups (broad SMARTS) is 1. The van der Waals surface area contributed by atoms with Gasteiger partial charge in [0.1, 0.15) is 0 Å². The van der Waals surface area contributed by atoms with E-state index in [1.165, 1.54) is 6.33 Å². The van der Waals surface area contributed by atoms with Gasteiger partial charge in [0.15, 0.2) is 11.4 Å². The van der Waals surface area contributed by atoms with Crippen molar-refractivity contribution in [2.75, 3.05) is 13.1 Å². The van der Waals surface area contributed by atoms with Gasteiger partial charge in [0, 0.05) is 31.5 Å². The third kappa shape index (κ3) is 3.77. The maximum atomic E-state index is 12.3. The Morgan fingerprint density at radius 2 is 2.33 bits per heavy atom. The predicted molar refractivity (Wildman–Crippen MR) is 85.5 cm³/mol. The minimum atomic E-state index is -1.19. The standard InChI is InChI=1S/C16H19N5O3/c22-15(13-14(16(23)24)19-10-18-13)20-12-4-2-6-21(9-12)8-11-3-1-5-17-7-11/h1,3,5,7,10,12H,2,4,6,8-9H2,(H,18,19)(H,20,22)(H,23,24)/t12-/m1/s1. The Bertz CT molecular complexity index is 716. The highest BCUT2D eigenvalue weighted by atomic mass is 16.4. The van der Waals surface area contributed by atoms with Gasteiger partial charge in [-0.1, -0.05) is 6.07 Å². The van der Waals surface area contributed by atoms with Crippen LogP contribution in [0.4, 0.5) is 0 Å². The predicted octanol–water partition coefficient (Wildman–Crippen LogP) is 0.897. The van der Waals surface area contributed by atoms with Gasteiger partial charge in [-0.15, -0.1) is 0 Å². The molecular weight excluding hydrogens is 310 g/mol. The first-order valence-electron chi connectivity index (χ1n) is 7.82. The summed E-state index contributed by atoms with van der Waals surface area (Å²) in [7, 11) is 0. The number of nitrogens with one attached hydrogen (secondary N) is 2. The van der Waals surface area contributed by atoms with E-state index in [4.69, 9.17) is 5.11 Å². The molecule has 1 aliphatic heterocycles. The van der Waals surface area contributed by atoms with Gasteiger partial charge < -0.3 is 15.4 Å².